The summed E-state index contributed by atoms with van der Waals surface area (Å²) < 4.78 is 25.4. The molecule has 0 bridgehead atoms. The second-order valence-electron chi connectivity index (χ2n) is 13.1. The molecule has 2 N–H and O–H groups in total. The Morgan fingerprint density at radius 1 is 1.05 bits per heavy atom. The van der Waals surface area contributed by atoms with Crippen LogP contribution in [0, 0.1) is 5.82 Å². The van der Waals surface area contributed by atoms with E-state index in [9.17, 15) is 14.0 Å². The first-order chi connectivity index (χ1) is 21.2. The molecule has 2 saturated heterocycles. The van der Waals surface area contributed by atoms with Gasteiger partial charge in [0, 0.05) is 49.8 Å². The molecule has 3 aliphatic heterocycles. The highest BCUT2D eigenvalue weighted by molar-refractivity contribution is 5.99. The fraction of sp³-hybridized carbons (Fsp3) is 0.606. The zero-order chi connectivity index (χ0) is 31.0. The number of pyridine rings is 1. The summed E-state index contributed by atoms with van der Waals surface area (Å²) in [5.74, 6) is -0.298. The zero-order valence-corrected chi connectivity index (χ0v) is 26.2. The van der Waals surface area contributed by atoms with Crippen molar-refractivity contribution in [3.63, 3.8) is 0 Å². The van der Waals surface area contributed by atoms with E-state index in [1.54, 1.807) is 17.0 Å². The van der Waals surface area contributed by atoms with E-state index in [2.05, 4.69) is 41.2 Å². The number of nitrogens with zero attached hydrogens (tertiary/aromatic N) is 4. The van der Waals surface area contributed by atoms with Crippen LogP contribution < -0.4 is 20.3 Å². The van der Waals surface area contributed by atoms with E-state index in [-0.39, 0.29) is 60.6 Å². The van der Waals surface area contributed by atoms with E-state index in [1.165, 1.54) is 12.1 Å². The Hall–Kier alpha value is -3.12. The molecule has 4 aliphatic rings. The number of nitrogens with one attached hydrogen (secondary N) is 2. The Bertz CT molecular complexity index is 1340. The Morgan fingerprint density at radius 3 is 2.48 bits per heavy atom. The van der Waals surface area contributed by atoms with Crippen molar-refractivity contribution in [1.82, 2.24) is 25.4 Å². The molecule has 4 heterocycles. The molecule has 11 heteroatoms. The summed E-state index contributed by atoms with van der Waals surface area (Å²) in [5, 5.41) is 6.65. The van der Waals surface area contributed by atoms with Crippen molar-refractivity contribution in [2.45, 2.75) is 83.2 Å². The summed E-state index contributed by atoms with van der Waals surface area (Å²) in [7, 11) is 0. The van der Waals surface area contributed by atoms with Gasteiger partial charge in [-0.25, -0.2) is 9.37 Å². The van der Waals surface area contributed by atoms with Crippen LogP contribution in [0.15, 0.2) is 30.3 Å². The number of aromatic nitrogens is 1. The molecule has 44 heavy (non-hydrogen) atoms. The molecule has 10 nitrogen and oxygen atoms in total. The quantitative estimate of drug-likeness (QED) is 0.472. The topological polar surface area (TPSA) is 99.3 Å². The minimum atomic E-state index is -0.318. The Labute approximate surface area is 259 Å². The molecule has 1 aromatic heterocycles. The van der Waals surface area contributed by atoms with Crippen LogP contribution in [0.5, 0.6) is 5.88 Å². The van der Waals surface area contributed by atoms with Gasteiger partial charge in [-0.3, -0.25) is 19.4 Å². The SMILES string of the molecule is C[C@@H]1CN(CC(=O)N2c3cc(Cc4ccc(F)cc4)c(C(=O)NC4CC4)nc3OC[C@@H]2C)[C@@H](CN2[C@H](C)COC[C@H]2C)CN1. The molecule has 0 spiro atoms. The van der Waals surface area contributed by atoms with Crippen LogP contribution in [0.1, 0.15) is 62.2 Å². The van der Waals surface area contributed by atoms with Gasteiger partial charge < -0.3 is 25.0 Å². The van der Waals surface area contributed by atoms with Crippen molar-refractivity contribution in [3.8, 4) is 5.88 Å². The summed E-state index contributed by atoms with van der Waals surface area (Å²) in [4.78, 5) is 38.8. The number of fused-ring (bicyclic) bond motifs is 1. The van der Waals surface area contributed by atoms with Gasteiger partial charge in [0.05, 0.1) is 25.8 Å². The summed E-state index contributed by atoms with van der Waals surface area (Å²) >= 11 is 0. The first-order valence-electron chi connectivity index (χ1n) is 16.0. The fourth-order valence-corrected chi connectivity index (χ4v) is 6.62. The summed E-state index contributed by atoms with van der Waals surface area (Å²) in [6.07, 6.45) is 2.28. The summed E-state index contributed by atoms with van der Waals surface area (Å²) in [6.45, 7) is 13.0. The molecule has 2 aromatic rings. The highest BCUT2D eigenvalue weighted by Crippen LogP contribution is 2.36. The Balaban J connectivity index is 1.27. The van der Waals surface area contributed by atoms with Gasteiger partial charge in [-0.05, 0) is 76.3 Å². The number of carbonyl (C=O) groups is 2. The predicted molar refractivity (Wildman–Crippen MR) is 166 cm³/mol. The van der Waals surface area contributed by atoms with Crippen molar-refractivity contribution >= 4 is 17.5 Å². The number of carbonyl (C=O) groups excluding carboxylic acids is 2. The van der Waals surface area contributed by atoms with Crippen LogP contribution in [0.4, 0.5) is 10.1 Å². The van der Waals surface area contributed by atoms with Crippen molar-refractivity contribution in [3.05, 3.63) is 53.0 Å². The second-order valence-corrected chi connectivity index (χ2v) is 13.1. The monoisotopic (exact) mass is 608 g/mol. The van der Waals surface area contributed by atoms with Crippen molar-refractivity contribution in [2.75, 3.05) is 50.9 Å². The molecule has 3 fully saturated rings. The van der Waals surface area contributed by atoms with Crippen molar-refractivity contribution < 1.29 is 23.5 Å². The summed E-state index contributed by atoms with van der Waals surface area (Å²) in [5.41, 5.74) is 2.38. The normalized spacial score (nSPS) is 27.8. The number of amides is 2. The molecule has 238 valence electrons. The van der Waals surface area contributed by atoms with E-state index in [1.807, 2.05) is 13.0 Å². The predicted octanol–water partition coefficient (Wildman–Crippen LogP) is 2.59. The smallest absolute Gasteiger partial charge is 0.270 e. The van der Waals surface area contributed by atoms with Crippen LogP contribution in [-0.4, -0.2) is 109 Å². The third kappa shape index (κ3) is 6.91. The molecule has 0 unspecified atom stereocenters. The number of anilines is 1. The van der Waals surface area contributed by atoms with Gasteiger partial charge in [0.1, 0.15) is 23.8 Å². The molecule has 5 atom stereocenters. The fourth-order valence-electron chi connectivity index (χ4n) is 6.62. The number of ether oxygens (including phenoxy) is 2. The van der Waals surface area contributed by atoms with E-state index in [0.717, 1.165) is 51.3 Å². The average molecular weight is 609 g/mol. The maximum atomic E-state index is 14.2. The molecule has 6 rings (SSSR count). The number of piperazine rings is 1. The Kier molecular flexibility index (Phi) is 9.18. The van der Waals surface area contributed by atoms with E-state index in [0.29, 0.717) is 35.6 Å². The molecule has 1 aliphatic carbocycles. The first kappa shape index (κ1) is 30.9. The lowest BCUT2D eigenvalue weighted by Crippen LogP contribution is -2.63. The molecule has 0 radical (unpaired) electrons. The van der Waals surface area contributed by atoms with Crippen LogP contribution in [0.3, 0.4) is 0 Å². The molecule has 1 aromatic carbocycles. The van der Waals surface area contributed by atoms with Gasteiger partial charge >= 0.3 is 0 Å². The lowest BCUT2D eigenvalue weighted by Gasteiger charge is -2.46. The van der Waals surface area contributed by atoms with Crippen molar-refractivity contribution in [1.29, 1.82) is 0 Å². The lowest BCUT2D eigenvalue weighted by atomic mass is 10.0. The number of hydrogen-bond donors (Lipinski definition) is 2. The number of morpholine rings is 1. The maximum absolute atomic E-state index is 14.2. The van der Waals surface area contributed by atoms with E-state index >= 15 is 0 Å². The van der Waals surface area contributed by atoms with Gasteiger partial charge in [-0.1, -0.05) is 12.1 Å². The van der Waals surface area contributed by atoms with Crippen LogP contribution in [0.25, 0.3) is 0 Å². The van der Waals surface area contributed by atoms with Crippen LogP contribution >= 0.6 is 0 Å². The lowest BCUT2D eigenvalue weighted by molar-refractivity contribution is -0.122. The van der Waals surface area contributed by atoms with E-state index < -0.39 is 0 Å². The van der Waals surface area contributed by atoms with Gasteiger partial charge in [0.2, 0.25) is 11.8 Å². The zero-order valence-electron chi connectivity index (χ0n) is 26.2. The van der Waals surface area contributed by atoms with Gasteiger partial charge in [0.15, 0.2) is 0 Å². The third-order valence-corrected chi connectivity index (χ3v) is 9.25. The molecular weight excluding hydrogens is 563 g/mol. The van der Waals surface area contributed by atoms with E-state index in [4.69, 9.17) is 14.5 Å². The largest absolute Gasteiger partial charge is 0.474 e. The number of hydrogen-bond acceptors (Lipinski definition) is 8. The first-order valence-corrected chi connectivity index (χ1v) is 16.0. The molecular formula is C33H45FN6O4. The van der Waals surface area contributed by atoms with Gasteiger partial charge in [-0.2, -0.15) is 0 Å². The van der Waals surface area contributed by atoms with Gasteiger partial charge in [-0.15, -0.1) is 0 Å². The number of rotatable bonds is 8. The molecule has 1 saturated carbocycles. The highest BCUT2D eigenvalue weighted by Gasteiger charge is 2.37. The number of benzene rings is 1. The summed E-state index contributed by atoms with van der Waals surface area (Å²) in [6, 6.07) is 9.15. The van der Waals surface area contributed by atoms with Crippen LogP contribution in [-0.2, 0) is 16.0 Å². The second kappa shape index (κ2) is 13.1. The standard InChI is InChI=1S/C33H45FN6O4/c1-20-14-38(28(13-35-20)15-39-21(2)17-43-18-22(39)3)16-30(41)40-23(4)19-44-33-29(40)12-25(11-24-5-7-26(34)8-6-24)31(37-33)32(42)36-27-9-10-27/h5-8,12,20-23,27-28,35H,9-11,13-19H2,1-4H3,(H,36,42)/t20-,21-,22-,23+,28-/m1/s1. The Morgan fingerprint density at radius 2 is 1.77 bits per heavy atom. The molecule has 2 amide bonds. The minimum absolute atomic E-state index is 0.0195. The van der Waals surface area contributed by atoms with Crippen LogP contribution in [0.2, 0.25) is 0 Å². The minimum Gasteiger partial charge on any atom is -0.474 e. The number of halogens is 1. The maximum Gasteiger partial charge on any atom is 0.270 e. The van der Waals surface area contributed by atoms with Crippen molar-refractivity contribution in [2.24, 2.45) is 0 Å². The average Bonchev–Trinajstić information content (AvgIpc) is 3.81. The third-order valence-electron chi connectivity index (χ3n) is 9.25. The highest BCUT2D eigenvalue weighted by atomic mass is 19.1. The van der Waals surface area contributed by atoms with Gasteiger partial charge in [0.25, 0.3) is 5.91 Å².